The zero-order chi connectivity index (χ0) is 23.1. The lowest BCUT2D eigenvalue weighted by Crippen LogP contribution is -2.58. The summed E-state index contributed by atoms with van der Waals surface area (Å²) in [5, 5.41) is 0. The van der Waals surface area contributed by atoms with Crippen molar-refractivity contribution in [2.24, 2.45) is 0 Å². The molecule has 0 spiro atoms. The van der Waals surface area contributed by atoms with Gasteiger partial charge in [-0.25, -0.2) is 4.39 Å². The normalized spacial score (nSPS) is 25.2. The maximum atomic E-state index is 15.4. The Kier molecular flexibility index (Phi) is 8.67. The Morgan fingerprint density at radius 2 is 1.59 bits per heavy atom. The topological polar surface area (TPSA) is 71.1 Å². The van der Waals surface area contributed by atoms with Crippen LogP contribution in [-0.2, 0) is 35.1 Å². The van der Waals surface area contributed by atoms with E-state index in [0.29, 0.717) is 0 Å². The summed E-state index contributed by atoms with van der Waals surface area (Å²) in [6.45, 7) is 4.62. The van der Waals surface area contributed by atoms with Crippen molar-refractivity contribution in [3.8, 4) is 0 Å². The summed E-state index contributed by atoms with van der Waals surface area (Å²) >= 11 is 1.28. The fourth-order valence-electron chi connectivity index (χ4n) is 3.35. The summed E-state index contributed by atoms with van der Waals surface area (Å²) < 4.78 is 37.7. The van der Waals surface area contributed by atoms with E-state index in [4.69, 9.17) is 18.9 Å². The standard InChI is InChI=1S/C24H27FO6S/c1-15-9-11-19(12-10-15)32-24-23(30-17(3)27)22(29-16(2)26)21(25)20(31-24)14-28-13-18-7-5-4-6-8-18/h4-12,20-24H,13-14H2,1-3H3/t20-,21+,22+,23-,24+/m1/s1. The molecule has 3 rings (SSSR count). The lowest BCUT2D eigenvalue weighted by Gasteiger charge is -2.42. The molecule has 1 fully saturated rings. The monoisotopic (exact) mass is 462 g/mol. The van der Waals surface area contributed by atoms with Gasteiger partial charge in [-0.3, -0.25) is 9.59 Å². The van der Waals surface area contributed by atoms with Crippen molar-refractivity contribution in [2.45, 2.75) is 62.2 Å². The van der Waals surface area contributed by atoms with Crippen LogP contribution < -0.4 is 0 Å². The van der Waals surface area contributed by atoms with Crippen LogP contribution in [-0.4, -0.2) is 48.5 Å². The first-order valence-electron chi connectivity index (χ1n) is 10.3. The first-order valence-corrected chi connectivity index (χ1v) is 11.2. The number of ether oxygens (including phenoxy) is 4. The van der Waals surface area contributed by atoms with Crippen LogP contribution in [0.3, 0.4) is 0 Å². The zero-order valence-corrected chi connectivity index (χ0v) is 19.0. The molecule has 0 aliphatic carbocycles. The molecule has 0 N–H and O–H groups in total. The minimum absolute atomic E-state index is 0.0500. The Labute approximate surface area is 191 Å². The van der Waals surface area contributed by atoms with Gasteiger partial charge in [-0.1, -0.05) is 59.8 Å². The summed E-state index contributed by atoms with van der Waals surface area (Å²) in [7, 11) is 0. The first kappa shape index (κ1) is 24.2. The second-order valence-corrected chi connectivity index (χ2v) is 8.74. The van der Waals surface area contributed by atoms with Crippen molar-refractivity contribution in [2.75, 3.05) is 6.61 Å². The molecule has 0 saturated carbocycles. The number of hydrogen-bond acceptors (Lipinski definition) is 7. The molecule has 8 heteroatoms. The number of alkyl halides is 1. The van der Waals surface area contributed by atoms with Gasteiger partial charge in [0.25, 0.3) is 0 Å². The van der Waals surface area contributed by atoms with Crippen molar-refractivity contribution in [1.82, 2.24) is 0 Å². The Balaban J connectivity index is 1.78. The van der Waals surface area contributed by atoms with E-state index in [0.717, 1.165) is 16.0 Å². The van der Waals surface area contributed by atoms with Gasteiger partial charge in [0.1, 0.15) is 11.5 Å². The SMILES string of the molecule is CC(=O)O[C@@H]1[C@@H](OC(C)=O)[C@@H](F)[C@@H](COCc2ccccc2)O[C@H]1Sc1ccc(C)cc1. The third-order valence-corrected chi connectivity index (χ3v) is 6.00. The highest BCUT2D eigenvalue weighted by Crippen LogP contribution is 2.37. The van der Waals surface area contributed by atoms with Crippen molar-refractivity contribution in [3.63, 3.8) is 0 Å². The highest BCUT2D eigenvalue weighted by atomic mass is 32.2. The molecule has 2 aromatic carbocycles. The molecule has 2 aromatic rings. The summed E-state index contributed by atoms with van der Waals surface area (Å²) in [5.41, 5.74) is 1.24. The summed E-state index contributed by atoms with van der Waals surface area (Å²) in [6, 6.07) is 17.2. The number of aryl methyl sites for hydroxylation is 1. The highest BCUT2D eigenvalue weighted by molar-refractivity contribution is 7.99. The predicted molar refractivity (Wildman–Crippen MR) is 118 cm³/mol. The summed E-state index contributed by atoms with van der Waals surface area (Å²) in [6.07, 6.45) is -5.15. The molecule has 0 aromatic heterocycles. The van der Waals surface area contributed by atoms with Gasteiger partial charge in [-0.15, -0.1) is 0 Å². The molecule has 1 aliphatic heterocycles. The van der Waals surface area contributed by atoms with Crippen molar-refractivity contribution in [3.05, 3.63) is 65.7 Å². The highest BCUT2D eigenvalue weighted by Gasteiger charge is 2.50. The van der Waals surface area contributed by atoms with Crippen LogP contribution in [0.15, 0.2) is 59.5 Å². The lowest BCUT2D eigenvalue weighted by atomic mass is 10.0. The molecule has 0 amide bonds. The van der Waals surface area contributed by atoms with E-state index in [2.05, 4.69) is 0 Å². The number of halogens is 1. The summed E-state index contributed by atoms with van der Waals surface area (Å²) in [5.74, 6) is -1.28. The van der Waals surface area contributed by atoms with Crippen LogP contribution in [0.4, 0.5) is 4.39 Å². The molecule has 0 radical (unpaired) electrons. The molecule has 0 unspecified atom stereocenters. The molecule has 5 atom stereocenters. The fraction of sp³-hybridized carbons (Fsp3) is 0.417. The number of thioether (sulfide) groups is 1. The number of rotatable bonds is 8. The molecule has 1 aliphatic rings. The smallest absolute Gasteiger partial charge is 0.303 e. The van der Waals surface area contributed by atoms with Gasteiger partial charge in [0.2, 0.25) is 0 Å². The second kappa shape index (κ2) is 11.4. The Hall–Kier alpha value is -2.42. The van der Waals surface area contributed by atoms with Crippen LogP contribution in [0.2, 0.25) is 0 Å². The number of carbonyl (C=O) groups is 2. The van der Waals surface area contributed by atoms with E-state index in [1.807, 2.05) is 61.5 Å². The Morgan fingerprint density at radius 3 is 2.22 bits per heavy atom. The van der Waals surface area contributed by atoms with Crippen LogP contribution in [0.1, 0.15) is 25.0 Å². The van der Waals surface area contributed by atoms with Gasteiger partial charge in [0.15, 0.2) is 18.4 Å². The maximum absolute atomic E-state index is 15.4. The number of carbonyl (C=O) groups excluding carboxylic acids is 2. The molecule has 0 bridgehead atoms. The first-order chi connectivity index (χ1) is 15.3. The third kappa shape index (κ3) is 6.79. The van der Waals surface area contributed by atoms with E-state index in [9.17, 15) is 9.59 Å². The van der Waals surface area contributed by atoms with Crippen LogP contribution in [0, 0.1) is 6.92 Å². The molecule has 6 nitrogen and oxygen atoms in total. The zero-order valence-electron chi connectivity index (χ0n) is 18.2. The van der Waals surface area contributed by atoms with E-state index in [1.54, 1.807) is 0 Å². The molecule has 1 heterocycles. The quantitative estimate of drug-likeness (QED) is 0.544. The van der Waals surface area contributed by atoms with Crippen LogP contribution in [0.5, 0.6) is 0 Å². The predicted octanol–water partition coefficient (Wildman–Crippen LogP) is 4.23. The van der Waals surface area contributed by atoms with E-state index in [-0.39, 0.29) is 13.2 Å². The third-order valence-electron chi connectivity index (χ3n) is 4.84. The van der Waals surface area contributed by atoms with Gasteiger partial charge in [-0.2, -0.15) is 0 Å². The Bertz CT molecular complexity index is 891. The average molecular weight is 463 g/mol. The summed E-state index contributed by atoms with van der Waals surface area (Å²) in [4.78, 5) is 24.3. The molecule has 172 valence electrons. The van der Waals surface area contributed by atoms with E-state index >= 15 is 4.39 Å². The van der Waals surface area contributed by atoms with E-state index < -0.39 is 41.9 Å². The van der Waals surface area contributed by atoms with Crippen LogP contribution in [0.25, 0.3) is 0 Å². The average Bonchev–Trinajstić information content (AvgIpc) is 2.75. The maximum Gasteiger partial charge on any atom is 0.303 e. The van der Waals surface area contributed by atoms with Crippen molar-refractivity contribution in [1.29, 1.82) is 0 Å². The van der Waals surface area contributed by atoms with Gasteiger partial charge in [-0.05, 0) is 24.6 Å². The number of esters is 2. The minimum Gasteiger partial charge on any atom is -0.455 e. The van der Waals surface area contributed by atoms with E-state index in [1.165, 1.54) is 25.6 Å². The molecule has 1 saturated heterocycles. The van der Waals surface area contributed by atoms with Crippen molar-refractivity contribution < 1.29 is 32.9 Å². The number of hydrogen-bond donors (Lipinski definition) is 0. The second-order valence-electron chi connectivity index (χ2n) is 7.57. The molecule has 32 heavy (non-hydrogen) atoms. The minimum atomic E-state index is -1.73. The van der Waals surface area contributed by atoms with Gasteiger partial charge < -0.3 is 18.9 Å². The van der Waals surface area contributed by atoms with Gasteiger partial charge >= 0.3 is 11.9 Å². The van der Waals surface area contributed by atoms with Gasteiger partial charge in [0.05, 0.1) is 13.2 Å². The molecular weight excluding hydrogens is 435 g/mol. The fourth-order valence-corrected chi connectivity index (χ4v) is 4.46. The Morgan fingerprint density at radius 1 is 0.969 bits per heavy atom. The van der Waals surface area contributed by atoms with Crippen LogP contribution >= 0.6 is 11.8 Å². The lowest BCUT2D eigenvalue weighted by molar-refractivity contribution is -0.218. The largest absolute Gasteiger partial charge is 0.455 e. The van der Waals surface area contributed by atoms with Gasteiger partial charge in [0, 0.05) is 18.7 Å². The number of benzene rings is 2. The molecular formula is C24H27FO6S. The van der Waals surface area contributed by atoms with Crippen molar-refractivity contribution >= 4 is 23.7 Å².